The Labute approximate surface area is 122 Å². The highest BCUT2D eigenvalue weighted by molar-refractivity contribution is 5.84. The van der Waals surface area contributed by atoms with Crippen LogP contribution >= 0.6 is 0 Å². The average molecular weight is 288 g/mol. The van der Waals surface area contributed by atoms with E-state index in [0.29, 0.717) is 18.2 Å². The first-order valence-electron chi connectivity index (χ1n) is 6.38. The Bertz CT molecular complexity index is 601. The second kappa shape index (κ2) is 7.09. The SMILES string of the molecule is CCOC(=O)Nc1cnc(Nc2cccc(OC)c2)nc1. The summed E-state index contributed by atoms with van der Waals surface area (Å²) in [5.74, 6) is 1.15. The number of aromatic nitrogens is 2. The maximum Gasteiger partial charge on any atom is 0.411 e. The molecule has 0 saturated heterocycles. The van der Waals surface area contributed by atoms with Crippen LogP contribution in [-0.4, -0.2) is 29.8 Å². The van der Waals surface area contributed by atoms with Crippen LogP contribution in [0.25, 0.3) is 0 Å². The van der Waals surface area contributed by atoms with Gasteiger partial charge in [-0.2, -0.15) is 0 Å². The fourth-order valence-corrected chi connectivity index (χ4v) is 1.57. The van der Waals surface area contributed by atoms with Gasteiger partial charge in [-0.05, 0) is 19.1 Å². The zero-order valence-electron chi connectivity index (χ0n) is 11.8. The van der Waals surface area contributed by atoms with Gasteiger partial charge in [-0.1, -0.05) is 6.07 Å². The van der Waals surface area contributed by atoms with E-state index in [9.17, 15) is 4.79 Å². The smallest absolute Gasteiger partial charge is 0.411 e. The van der Waals surface area contributed by atoms with E-state index in [1.807, 2.05) is 24.3 Å². The summed E-state index contributed by atoms with van der Waals surface area (Å²) in [4.78, 5) is 19.5. The van der Waals surface area contributed by atoms with Crippen LogP contribution in [0, 0.1) is 0 Å². The molecular formula is C14H16N4O3. The predicted octanol–water partition coefficient (Wildman–Crippen LogP) is 2.80. The quantitative estimate of drug-likeness (QED) is 0.880. The molecule has 0 saturated carbocycles. The number of carbonyl (C=O) groups is 1. The van der Waals surface area contributed by atoms with Crippen molar-refractivity contribution in [3.05, 3.63) is 36.7 Å². The number of carbonyl (C=O) groups excluding carboxylic acids is 1. The van der Waals surface area contributed by atoms with E-state index in [-0.39, 0.29) is 0 Å². The normalized spacial score (nSPS) is 9.81. The maximum atomic E-state index is 11.2. The van der Waals surface area contributed by atoms with Crippen molar-refractivity contribution in [3.63, 3.8) is 0 Å². The van der Waals surface area contributed by atoms with Gasteiger partial charge in [0.05, 0.1) is 31.8 Å². The van der Waals surface area contributed by atoms with Crippen molar-refractivity contribution in [2.24, 2.45) is 0 Å². The van der Waals surface area contributed by atoms with Crippen LogP contribution in [0.3, 0.4) is 0 Å². The van der Waals surface area contributed by atoms with Crippen LogP contribution in [0.1, 0.15) is 6.92 Å². The lowest BCUT2D eigenvalue weighted by Crippen LogP contribution is -2.13. The Morgan fingerprint density at radius 1 is 1.24 bits per heavy atom. The van der Waals surface area contributed by atoms with E-state index in [1.54, 1.807) is 14.0 Å². The molecule has 0 spiro atoms. The first-order valence-corrected chi connectivity index (χ1v) is 6.38. The van der Waals surface area contributed by atoms with E-state index in [2.05, 4.69) is 20.6 Å². The molecular weight excluding hydrogens is 272 g/mol. The molecule has 110 valence electrons. The van der Waals surface area contributed by atoms with Gasteiger partial charge in [0.1, 0.15) is 5.75 Å². The Morgan fingerprint density at radius 2 is 2.00 bits per heavy atom. The molecule has 1 aromatic heterocycles. The van der Waals surface area contributed by atoms with Crippen molar-refractivity contribution in [2.75, 3.05) is 24.4 Å². The second-order valence-electron chi connectivity index (χ2n) is 4.00. The molecule has 0 aliphatic rings. The molecule has 2 rings (SSSR count). The van der Waals surface area contributed by atoms with Crippen LogP contribution in [0.4, 0.5) is 22.1 Å². The number of amides is 1. The lowest BCUT2D eigenvalue weighted by Gasteiger charge is -2.08. The third-order valence-electron chi connectivity index (χ3n) is 2.50. The molecule has 2 N–H and O–H groups in total. The molecule has 0 aliphatic carbocycles. The fraction of sp³-hybridized carbons (Fsp3) is 0.214. The Hall–Kier alpha value is -2.83. The number of nitrogens with zero attached hydrogens (tertiary/aromatic N) is 2. The fourth-order valence-electron chi connectivity index (χ4n) is 1.57. The monoisotopic (exact) mass is 288 g/mol. The van der Waals surface area contributed by atoms with Crippen molar-refractivity contribution >= 4 is 23.4 Å². The summed E-state index contributed by atoms with van der Waals surface area (Å²) in [6, 6.07) is 7.40. The third-order valence-corrected chi connectivity index (χ3v) is 2.50. The summed E-state index contributed by atoms with van der Waals surface area (Å²) < 4.78 is 9.90. The summed E-state index contributed by atoms with van der Waals surface area (Å²) in [5, 5.41) is 5.56. The molecule has 21 heavy (non-hydrogen) atoms. The Balaban J connectivity index is 2.00. The van der Waals surface area contributed by atoms with Gasteiger partial charge < -0.3 is 14.8 Å². The molecule has 1 aromatic carbocycles. The molecule has 0 aliphatic heterocycles. The standard InChI is InChI=1S/C14H16N4O3/c1-3-21-14(19)18-11-8-15-13(16-9-11)17-10-5-4-6-12(7-10)20-2/h4-9H,3H2,1-2H3,(H,18,19)(H,15,16,17). The Kier molecular flexibility index (Phi) is 4.92. The maximum absolute atomic E-state index is 11.2. The number of anilines is 3. The van der Waals surface area contributed by atoms with Crippen molar-refractivity contribution in [1.29, 1.82) is 0 Å². The number of methoxy groups -OCH3 is 1. The number of benzene rings is 1. The van der Waals surface area contributed by atoms with Crippen LogP contribution in [-0.2, 0) is 4.74 Å². The van der Waals surface area contributed by atoms with E-state index < -0.39 is 6.09 Å². The number of nitrogens with one attached hydrogen (secondary N) is 2. The Morgan fingerprint density at radius 3 is 2.67 bits per heavy atom. The van der Waals surface area contributed by atoms with E-state index in [0.717, 1.165) is 11.4 Å². The first kappa shape index (κ1) is 14.6. The lowest BCUT2D eigenvalue weighted by molar-refractivity contribution is 0.168. The number of ether oxygens (including phenoxy) is 2. The van der Waals surface area contributed by atoms with Crippen LogP contribution in [0.5, 0.6) is 5.75 Å². The summed E-state index contributed by atoms with van der Waals surface area (Å²) in [5.41, 5.74) is 1.27. The minimum absolute atomic E-state index is 0.308. The predicted molar refractivity (Wildman–Crippen MR) is 79.0 cm³/mol. The zero-order valence-corrected chi connectivity index (χ0v) is 11.8. The minimum Gasteiger partial charge on any atom is -0.497 e. The molecule has 0 fully saturated rings. The molecule has 2 aromatic rings. The van der Waals surface area contributed by atoms with Gasteiger partial charge in [0, 0.05) is 11.8 Å². The summed E-state index contributed by atoms with van der Waals surface area (Å²) >= 11 is 0. The molecule has 1 amide bonds. The van der Waals surface area contributed by atoms with Gasteiger partial charge in [-0.3, -0.25) is 5.32 Å². The van der Waals surface area contributed by atoms with Crippen molar-refractivity contribution < 1.29 is 14.3 Å². The van der Waals surface area contributed by atoms with Gasteiger partial charge in [-0.25, -0.2) is 14.8 Å². The van der Waals surface area contributed by atoms with Gasteiger partial charge in [0.25, 0.3) is 0 Å². The minimum atomic E-state index is -0.533. The topological polar surface area (TPSA) is 85.4 Å². The summed E-state index contributed by atoms with van der Waals surface area (Å²) in [6.45, 7) is 2.04. The van der Waals surface area contributed by atoms with Crippen molar-refractivity contribution in [1.82, 2.24) is 9.97 Å². The number of rotatable bonds is 5. The second-order valence-corrected chi connectivity index (χ2v) is 4.00. The number of hydrogen-bond donors (Lipinski definition) is 2. The highest BCUT2D eigenvalue weighted by atomic mass is 16.5. The zero-order chi connectivity index (χ0) is 15.1. The molecule has 0 radical (unpaired) electrons. The molecule has 7 nitrogen and oxygen atoms in total. The molecule has 0 unspecified atom stereocenters. The van der Waals surface area contributed by atoms with E-state index >= 15 is 0 Å². The van der Waals surface area contributed by atoms with Gasteiger partial charge in [-0.15, -0.1) is 0 Å². The number of hydrogen-bond acceptors (Lipinski definition) is 6. The molecule has 0 atom stereocenters. The van der Waals surface area contributed by atoms with Crippen LogP contribution < -0.4 is 15.4 Å². The van der Waals surface area contributed by atoms with Crippen molar-refractivity contribution in [3.8, 4) is 5.75 Å². The third kappa shape index (κ3) is 4.34. The molecule has 7 heteroatoms. The highest BCUT2D eigenvalue weighted by Gasteiger charge is 2.04. The molecule has 0 bridgehead atoms. The summed E-state index contributed by atoms with van der Waals surface area (Å²) in [7, 11) is 1.60. The van der Waals surface area contributed by atoms with Crippen LogP contribution in [0.2, 0.25) is 0 Å². The van der Waals surface area contributed by atoms with E-state index in [1.165, 1.54) is 12.4 Å². The average Bonchev–Trinajstić information content (AvgIpc) is 2.50. The van der Waals surface area contributed by atoms with E-state index in [4.69, 9.17) is 9.47 Å². The van der Waals surface area contributed by atoms with Crippen LogP contribution in [0.15, 0.2) is 36.7 Å². The van der Waals surface area contributed by atoms with Gasteiger partial charge in [0.2, 0.25) is 5.95 Å². The molecule has 1 heterocycles. The summed E-state index contributed by atoms with van der Waals surface area (Å²) in [6.07, 6.45) is 2.45. The lowest BCUT2D eigenvalue weighted by atomic mass is 10.3. The van der Waals surface area contributed by atoms with Gasteiger partial charge >= 0.3 is 6.09 Å². The highest BCUT2D eigenvalue weighted by Crippen LogP contribution is 2.19. The van der Waals surface area contributed by atoms with Gasteiger partial charge in [0.15, 0.2) is 0 Å². The van der Waals surface area contributed by atoms with Crippen molar-refractivity contribution in [2.45, 2.75) is 6.92 Å². The first-order chi connectivity index (χ1) is 10.2. The largest absolute Gasteiger partial charge is 0.497 e.